The van der Waals surface area contributed by atoms with E-state index in [1.165, 1.54) is 18.2 Å². The molecule has 2 heterocycles. The van der Waals surface area contributed by atoms with Crippen molar-refractivity contribution < 1.29 is 22.4 Å². The van der Waals surface area contributed by atoms with Crippen LogP contribution in [0.1, 0.15) is 41.4 Å². The lowest BCUT2D eigenvalue weighted by Crippen LogP contribution is -2.34. The maximum atomic E-state index is 12.8. The molecule has 2 amide bonds. The predicted molar refractivity (Wildman–Crippen MR) is 125 cm³/mol. The lowest BCUT2D eigenvalue weighted by atomic mass is 10.1. The maximum absolute atomic E-state index is 12.8. The first-order chi connectivity index (χ1) is 15.7. The summed E-state index contributed by atoms with van der Waals surface area (Å²) in [5.41, 5.74) is 0.0687. The van der Waals surface area contributed by atoms with Gasteiger partial charge in [-0.05, 0) is 57.3 Å². The Kier molecular flexibility index (Phi) is 8.52. The fraction of sp³-hybridized carbons (Fsp3) is 0.455. The van der Waals surface area contributed by atoms with E-state index in [1.807, 2.05) is 25.1 Å². The lowest BCUT2D eigenvalue weighted by Gasteiger charge is -2.22. The summed E-state index contributed by atoms with van der Waals surface area (Å²) in [4.78, 5) is 28.0. The number of carbonyl (C=O) groups is 2. The van der Waals surface area contributed by atoms with Crippen molar-refractivity contribution in [3.05, 3.63) is 52.9 Å². The number of likely N-dealkylation sites (N-methyl/N-ethyl adjacent to an activating group) is 1. The van der Waals surface area contributed by atoms with Gasteiger partial charge in [0.25, 0.3) is 5.91 Å². The van der Waals surface area contributed by atoms with Crippen molar-refractivity contribution in [2.24, 2.45) is 0 Å². The minimum Gasteiger partial charge on any atom is -0.468 e. The van der Waals surface area contributed by atoms with Crippen molar-refractivity contribution in [2.75, 3.05) is 40.3 Å². The molecule has 0 aliphatic carbocycles. The third-order valence-corrected chi connectivity index (χ3v) is 7.30. The van der Waals surface area contributed by atoms with E-state index in [0.29, 0.717) is 25.1 Å². The summed E-state index contributed by atoms with van der Waals surface area (Å²) in [5, 5.41) is 2.95. The summed E-state index contributed by atoms with van der Waals surface area (Å²) in [6, 6.07) is 7.42. The van der Waals surface area contributed by atoms with Gasteiger partial charge in [-0.3, -0.25) is 14.5 Å². The Hall–Kier alpha value is -2.40. The van der Waals surface area contributed by atoms with E-state index >= 15 is 0 Å². The second-order valence-electron chi connectivity index (χ2n) is 8.08. The number of nitrogens with one attached hydrogen (secondary N) is 2. The molecule has 9 nitrogen and oxygen atoms in total. The quantitative estimate of drug-likeness (QED) is 0.461. The highest BCUT2D eigenvalue weighted by Gasteiger charge is 2.22. The number of amides is 2. The van der Waals surface area contributed by atoms with Crippen LogP contribution in [0.2, 0.25) is 5.02 Å². The van der Waals surface area contributed by atoms with Gasteiger partial charge in [0.2, 0.25) is 15.9 Å². The zero-order valence-electron chi connectivity index (χ0n) is 18.7. The fourth-order valence-electron chi connectivity index (χ4n) is 3.65. The van der Waals surface area contributed by atoms with Gasteiger partial charge in [-0.2, -0.15) is 0 Å². The van der Waals surface area contributed by atoms with Crippen LogP contribution in [0.15, 0.2) is 45.9 Å². The van der Waals surface area contributed by atoms with E-state index in [-0.39, 0.29) is 40.5 Å². The first-order valence-corrected chi connectivity index (χ1v) is 12.6. The van der Waals surface area contributed by atoms with Gasteiger partial charge < -0.3 is 14.6 Å². The Morgan fingerprint density at radius 3 is 2.73 bits per heavy atom. The summed E-state index contributed by atoms with van der Waals surface area (Å²) in [6.45, 7) is 1.66. The van der Waals surface area contributed by atoms with Crippen molar-refractivity contribution in [1.29, 1.82) is 0 Å². The van der Waals surface area contributed by atoms with Crippen LogP contribution < -0.4 is 10.0 Å². The van der Waals surface area contributed by atoms with Gasteiger partial charge in [0.15, 0.2) is 0 Å². The molecule has 3 rings (SSSR count). The van der Waals surface area contributed by atoms with Crippen LogP contribution in [-0.4, -0.2) is 70.3 Å². The average Bonchev–Trinajstić information content (AvgIpc) is 3.43. The zero-order valence-corrected chi connectivity index (χ0v) is 20.3. The summed E-state index contributed by atoms with van der Waals surface area (Å²) in [6.07, 6.45) is 3.47. The summed E-state index contributed by atoms with van der Waals surface area (Å²) >= 11 is 6.19. The van der Waals surface area contributed by atoms with Gasteiger partial charge >= 0.3 is 0 Å². The molecule has 1 aromatic carbocycles. The molecule has 1 aliphatic rings. The Labute approximate surface area is 199 Å². The molecule has 1 atom stereocenters. The van der Waals surface area contributed by atoms with Crippen molar-refractivity contribution in [3.8, 4) is 0 Å². The van der Waals surface area contributed by atoms with Gasteiger partial charge in [-0.15, -0.1) is 0 Å². The molecule has 0 spiro atoms. The standard InChI is InChI=1S/C22H29ClN4O5S/c1-26(2)19(20-6-4-13-32-20)15-24-22(29)17-14-16(8-9-18(17)23)33(30,31)25-10-5-12-27-11-3-7-21(27)28/h4,6,8-9,13-14,19,25H,3,5,7,10-12,15H2,1-2H3,(H,24,29)/t19-/m1/s1. The maximum Gasteiger partial charge on any atom is 0.252 e. The molecule has 1 fully saturated rings. The van der Waals surface area contributed by atoms with Gasteiger partial charge in [0.05, 0.1) is 27.8 Å². The number of rotatable bonds is 11. The van der Waals surface area contributed by atoms with Crippen molar-refractivity contribution in [2.45, 2.75) is 30.2 Å². The minimum absolute atomic E-state index is 0.0514. The zero-order chi connectivity index (χ0) is 24.0. The van der Waals surface area contributed by atoms with E-state index in [0.717, 1.165) is 13.0 Å². The van der Waals surface area contributed by atoms with Crippen molar-refractivity contribution in [3.63, 3.8) is 0 Å². The number of benzene rings is 1. The van der Waals surface area contributed by atoms with E-state index in [4.69, 9.17) is 16.0 Å². The summed E-state index contributed by atoms with van der Waals surface area (Å²) < 4.78 is 33.4. The average molecular weight is 497 g/mol. The molecule has 1 aliphatic heterocycles. The normalized spacial score (nSPS) is 15.3. The van der Waals surface area contributed by atoms with Crippen molar-refractivity contribution in [1.82, 2.24) is 19.8 Å². The molecule has 0 unspecified atom stereocenters. The fourth-order valence-corrected chi connectivity index (χ4v) is 4.95. The van der Waals surface area contributed by atoms with Crippen LogP contribution in [0.25, 0.3) is 0 Å². The SMILES string of the molecule is CN(C)[C@H](CNC(=O)c1cc(S(=O)(=O)NCCCN2CCCC2=O)ccc1Cl)c1ccco1. The van der Waals surface area contributed by atoms with Gasteiger partial charge in [0, 0.05) is 32.6 Å². The molecular weight excluding hydrogens is 468 g/mol. The number of hydrogen-bond donors (Lipinski definition) is 2. The highest BCUT2D eigenvalue weighted by Crippen LogP contribution is 2.22. The first-order valence-electron chi connectivity index (χ1n) is 10.7. The number of carbonyl (C=O) groups excluding carboxylic acids is 2. The molecule has 11 heteroatoms. The van der Waals surface area contributed by atoms with E-state index in [2.05, 4.69) is 10.0 Å². The van der Waals surface area contributed by atoms with Crippen LogP contribution in [0.3, 0.4) is 0 Å². The van der Waals surface area contributed by atoms with Crippen LogP contribution in [0, 0.1) is 0 Å². The molecule has 0 bridgehead atoms. The number of likely N-dealkylation sites (tertiary alicyclic amines) is 1. The molecule has 180 valence electrons. The molecule has 1 saturated heterocycles. The minimum atomic E-state index is -3.84. The third-order valence-electron chi connectivity index (χ3n) is 5.51. The Morgan fingerprint density at radius 2 is 2.09 bits per heavy atom. The second-order valence-corrected chi connectivity index (χ2v) is 10.3. The van der Waals surface area contributed by atoms with E-state index < -0.39 is 15.9 Å². The molecule has 2 aromatic rings. The number of sulfonamides is 1. The summed E-state index contributed by atoms with van der Waals surface area (Å²) in [7, 11) is -0.106. The Balaban J connectivity index is 1.61. The Morgan fingerprint density at radius 1 is 1.30 bits per heavy atom. The highest BCUT2D eigenvalue weighted by molar-refractivity contribution is 7.89. The van der Waals surface area contributed by atoms with Crippen LogP contribution >= 0.6 is 11.6 Å². The topological polar surface area (TPSA) is 112 Å². The molecule has 0 radical (unpaired) electrons. The van der Waals surface area contributed by atoms with Crippen LogP contribution in [0.4, 0.5) is 0 Å². The highest BCUT2D eigenvalue weighted by atomic mass is 35.5. The van der Waals surface area contributed by atoms with Gasteiger partial charge in [0.1, 0.15) is 5.76 Å². The molecule has 1 aromatic heterocycles. The Bertz CT molecular complexity index is 1070. The number of nitrogens with zero attached hydrogens (tertiary/aromatic N) is 2. The predicted octanol–water partition coefficient (Wildman–Crippen LogP) is 2.26. The summed E-state index contributed by atoms with van der Waals surface area (Å²) in [5.74, 6) is 0.320. The lowest BCUT2D eigenvalue weighted by molar-refractivity contribution is -0.127. The third kappa shape index (κ3) is 6.57. The van der Waals surface area contributed by atoms with Gasteiger partial charge in [-0.1, -0.05) is 11.6 Å². The number of furan rings is 1. The monoisotopic (exact) mass is 496 g/mol. The molecular formula is C22H29ClN4O5S. The number of hydrogen-bond acceptors (Lipinski definition) is 6. The van der Waals surface area contributed by atoms with Crippen LogP contribution in [0.5, 0.6) is 0 Å². The largest absolute Gasteiger partial charge is 0.468 e. The van der Waals surface area contributed by atoms with Gasteiger partial charge in [-0.25, -0.2) is 13.1 Å². The molecule has 0 saturated carbocycles. The number of halogens is 1. The van der Waals surface area contributed by atoms with Crippen LogP contribution in [-0.2, 0) is 14.8 Å². The first kappa shape index (κ1) is 25.2. The molecule has 2 N–H and O–H groups in total. The molecule has 33 heavy (non-hydrogen) atoms. The smallest absolute Gasteiger partial charge is 0.252 e. The van der Waals surface area contributed by atoms with E-state index in [9.17, 15) is 18.0 Å². The second kappa shape index (κ2) is 11.1. The van der Waals surface area contributed by atoms with E-state index in [1.54, 1.807) is 17.2 Å². The van der Waals surface area contributed by atoms with Crippen molar-refractivity contribution >= 4 is 33.4 Å².